The number of anilines is 1. The lowest BCUT2D eigenvalue weighted by Gasteiger charge is -2.14. The first-order chi connectivity index (χ1) is 11.4. The Balaban J connectivity index is 1.97. The van der Waals surface area contributed by atoms with Crippen molar-refractivity contribution >= 4 is 35.0 Å². The van der Waals surface area contributed by atoms with E-state index in [-0.39, 0.29) is 5.91 Å². The van der Waals surface area contributed by atoms with E-state index in [2.05, 4.69) is 31.3 Å². The van der Waals surface area contributed by atoms with Crippen LogP contribution in [0.25, 0.3) is 6.08 Å². The molecule has 3 rings (SSSR count). The van der Waals surface area contributed by atoms with Gasteiger partial charge < -0.3 is 5.32 Å². The van der Waals surface area contributed by atoms with Crippen LogP contribution in [0.15, 0.2) is 42.1 Å². The van der Waals surface area contributed by atoms with Gasteiger partial charge in [-0.25, -0.2) is 0 Å². The van der Waals surface area contributed by atoms with Crippen LogP contribution >= 0.6 is 12.2 Å². The molecule has 0 spiro atoms. The highest BCUT2D eigenvalue weighted by atomic mass is 32.1. The van der Waals surface area contributed by atoms with Crippen molar-refractivity contribution in [2.24, 2.45) is 0 Å². The van der Waals surface area contributed by atoms with Crippen LogP contribution in [-0.2, 0) is 4.79 Å². The van der Waals surface area contributed by atoms with Gasteiger partial charge in [0.05, 0.1) is 5.69 Å². The first-order valence-electron chi connectivity index (χ1n) is 7.88. The molecule has 3 nitrogen and oxygen atoms in total. The Labute approximate surface area is 148 Å². The molecule has 24 heavy (non-hydrogen) atoms. The molecule has 0 saturated carbocycles. The average molecular weight is 336 g/mol. The van der Waals surface area contributed by atoms with E-state index in [0.29, 0.717) is 10.8 Å². The fraction of sp³-hybridized carbons (Fsp3) is 0.200. The lowest BCUT2D eigenvalue weighted by atomic mass is 10.00. The van der Waals surface area contributed by atoms with Crippen molar-refractivity contribution in [3.8, 4) is 0 Å². The van der Waals surface area contributed by atoms with Crippen LogP contribution in [0.3, 0.4) is 0 Å². The molecule has 1 aliphatic rings. The summed E-state index contributed by atoms with van der Waals surface area (Å²) in [4.78, 5) is 14.3. The Morgan fingerprint density at radius 1 is 0.958 bits per heavy atom. The smallest absolute Gasteiger partial charge is 0.281 e. The number of carbonyl (C=O) groups excluding carboxylic acids is 1. The van der Waals surface area contributed by atoms with E-state index < -0.39 is 0 Å². The Kier molecular flexibility index (Phi) is 4.24. The normalized spacial score (nSPS) is 16.0. The van der Waals surface area contributed by atoms with Gasteiger partial charge in [0.2, 0.25) is 0 Å². The summed E-state index contributed by atoms with van der Waals surface area (Å²) < 4.78 is 0. The van der Waals surface area contributed by atoms with Gasteiger partial charge in [-0.2, -0.15) is 0 Å². The molecule has 0 aromatic heterocycles. The topological polar surface area (TPSA) is 32.3 Å². The van der Waals surface area contributed by atoms with Gasteiger partial charge in [-0.3, -0.25) is 9.69 Å². The summed E-state index contributed by atoms with van der Waals surface area (Å²) in [5, 5.41) is 3.46. The summed E-state index contributed by atoms with van der Waals surface area (Å²) in [5.41, 5.74) is 7.05. The number of rotatable bonds is 2. The average Bonchev–Trinajstić information content (AvgIpc) is 2.80. The molecular formula is C20H20N2OS. The summed E-state index contributed by atoms with van der Waals surface area (Å²) in [5.74, 6) is -0.124. The molecule has 2 aromatic rings. The van der Waals surface area contributed by atoms with Crippen LogP contribution in [0.2, 0.25) is 0 Å². The van der Waals surface area contributed by atoms with Crippen LogP contribution in [0.1, 0.15) is 27.8 Å². The fourth-order valence-corrected chi connectivity index (χ4v) is 3.06. The van der Waals surface area contributed by atoms with E-state index >= 15 is 0 Å². The predicted molar refractivity (Wildman–Crippen MR) is 103 cm³/mol. The molecule has 1 heterocycles. The summed E-state index contributed by atoms with van der Waals surface area (Å²) in [7, 11) is 0. The monoisotopic (exact) mass is 336 g/mol. The molecule has 0 radical (unpaired) electrons. The predicted octanol–water partition coefficient (Wildman–Crippen LogP) is 4.18. The zero-order valence-electron chi connectivity index (χ0n) is 14.3. The highest BCUT2D eigenvalue weighted by molar-refractivity contribution is 7.80. The van der Waals surface area contributed by atoms with Gasteiger partial charge in [0, 0.05) is 0 Å². The Morgan fingerprint density at radius 2 is 1.58 bits per heavy atom. The summed E-state index contributed by atoms with van der Waals surface area (Å²) in [6, 6.07) is 12.0. The van der Waals surface area contributed by atoms with Gasteiger partial charge in [-0.1, -0.05) is 29.8 Å². The van der Waals surface area contributed by atoms with Crippen molar-refractivity contribution < 1.29 is 4.79 Å². The second kappa shape index (κ2) is 6.21. The fourth-order valence-electron chi connectivity index (χ4n) is 2.76. The van der Waals surface area contributed by atoms with E-state index in [4.69, 9.17) is 12.2 Å². The summed E-state index contributed by atoms with van der Waals surface area (Å²) in [6.45, 7) is 8.23. The Bertz CT molecular complexity index is 866. The number of hydrogen-bond donors (Lipinski definition) is 1. The van der Waals surface area contributed by atoms with E-state index in [9.17, 15) is 4.79 Å². The lowest BCUT2D eigenvalue weighted by Crippen LogP contribution is -2.30. The molecule has 122 valence electrons. The van der Waals surface area contributed by atoms with Crippen molar-refractivity contribution in [1.82, 2.24) is 5.32 Å². The van der Waals surface area contributed by atoms with E-state index in [1.165, 1.54) is 16.0 Å². The molecule has 0 aliphatic carbocycles. The number of nitrogens with zero attached hydrogens (tertiary/aromatic N) is 1. The van der Waals surface area contributed by atoms with Crippen LogP contribution in [0, 0.1) is 27.7 Å². The number of thiocarbonyl (C=S) groups is 1. The maximum atomic E-state index is 12.8. The molecule has 2 aromatic carbocycles. The molecule has 4 heteroatoms. The molecule has 1 N–H and O–H groups in total. The third-order valence-electron chi connectivity index (χ3n) is 4.35. The Morgan fingerprint density at radius 3 is 2.25 bits per heavy atom. The Hall–Kier alpha value is -2.46. The lowest BCUT2D eigenvalue weighted by molar-refractivity contribution is -0.113. The van der Waals surface area contributed by atoms with Gasteiger partial charge in [0.25, 0.3) is 5.91 Å². The van der Waals surface area contributed by atoms with Crippen LogP contribution < -0.4 is 10.2 Å². The molecule has 1 aliphatic heterocycles. The summed E-state index contributed by atoms with van der Waals surface area (Å²) in [6.07, 6.45) is 1.88. The zero-order chi connectivity index (χ0) is 17.4. The van der Waals surface area contributed by atoms with Crippen molar-refractivity contribution in [2.75, 3.05) is 4.90 Å². The number of benzene rings is 2. The third kappa shape index (κ3) is 2.97. The maximum Gasteiger partial charge on any atom is 0.281 e. The molecule has 1 fully saturated rings. The standard InChI is InChI=1S/C20H20N2OS/c1-12-5-7-17(8-6-12)22-19(23)18(21-20(22)24)11-16-10-14(3)13(2)9-15(16)4/h5-11H,1-4H3,(H,21,24)/b18-11+. The first kappa shape index (κ1) is 16.4. The van der Waals surface area contributed by atoms with E-state index in [0.717, 1.165) is 22.4 Å². The molecular weight excluding hydrogens is 316 g/mol. The number of amides is 1. The summed E-state index contributed by atoms with van der Waals surface area (Å²) >= 11 is 5.36. The largest absolute Gasteiger partial charge is 0.327 e. The minimum atomic E-state index is -0.124. The van der Waals surface area contributed by atoms with Crippen molar-refractivity contribution in [3.63, 3.8) is 0 Å². The van der Waals surface area contributed by atoms with Crippen LogP contribution in [-0.4, -0.2) is 11.0 Å². The molecule has 0 atom stereocenters. The zero-order valence-corrected chi connectivity index (χ0v) is 15.1. The third-order valence-corrected chi connectivity index (χ3v) is 4.64. The molecule has 1 amide bonds. The number of hydrogen-bond acceptors (Lipinski definition) is 2. The van der Waals surface area contributed by atoms with Gasteiger partial charge in [-0.15, -0.1) is 0 Å². The van der Waals surface area contributed by atoms with Gasteiger partial charge >= 0.3 is 0 Å². The number of aryl methyl sites for hydroxylation is 4. The molecule has 1 saturated heterocycles. The SMILES string of the molecule is Cc1ccc(N2C(=O)/C(=C\c3cc(C)c(C)cc3C)NC2=S)cc1. The van der Waals surface area contributed by atoms with Crippen LogP contribution in [0.5, 0.6) is 0 Å². The van der Waals surface area contributed by atoms with Gasteiger partial charge in [0.15, 0.2) is 5.11 Å². The molecule has 0 unspecified atom stereocenters. The van der Waals surface area contributed by atoms with Crippen LogP contribution in [0.4, 0.5) is 5.69 Å². The van der Waals surface area contributed by atoms with Gasteiger partial charge in [-0.05, 0) is 80.4 Å². The van der Waals surface area contributed by atoms with Crippen molar-refractivity contribution in [2.45, 2.75) is 27.7 Å². The highest BCUT2D eigenvalue weighted by Crippen LogP contribution is 2.24. The first-order valence-corrected chi connectivity index (χ1v) is 8.29. The second-order valence-corrected chi connectivity index (χ2v) is 6.64. The van der Waals surface area contributed by atoms with E-state index in [1.54, 1.807) is 0 Å². The maximum absolute atomic E-state index is 12.8. The second-order valence-electron chi connectivity index (χ2n) is 6.26. The minimum Gasteiger partial charge on any atom is -0.327 e. The highest BCUT2D eigenvalue weighted by Gasteiger charge is 2.31. The van der Waals surface area contributed by atoms with Crippen molar-refractivity contribution in [3.05, 3.63) is 69.9 Å². The quantitative estimate of drug-likeness (QED) is 0.659. The molecule has 0 bridgehead atoms. The van der Waals surface area contributed by atoms with Crippen molar-refractivity contribution in [1.29, 1.82) is 0 Å². The number of carbonyl (C=O) groups is 1. The van der Waals surface area contributed by atoms with E-state index in [1.807, 2.05) is 44.2 Å². The minimum absolute atomic E-state index is 0.124. The number of nitrogens with one attached hydrogen (secondary N) is 1. The van der Waals surface area contributed by atoms with Gasteiger partial charge in [0.1, 0.15) is 5.70 Å².